The van der Waals surface area contributed by atoms with E-state index in [2.05, 4.69) is 15.3 Å². The van der Waals surface area contributed by atoms with Crippen molar-refractivity contribution in [2.24, 2.45) is 0 Å². The van der Waals surface area contributed by atoms with E-state index in [0.29, 0.717) is 23.7 Å². The molecule has 4 rings (SSSR count). The van der Waals surface area contributed by atoms with Crippen molar-refractivity contribution in [3.8, 4) is 11.5 Å². The Balaban J connectivity index is 1.52. The summed E-state index contributed by atoms with van der Waals surface area (Å²) >= 11 is 0. The van der Waals surface area contributed by atoms with Crippen molar-refractivity contribution >= 4 is 28.7 Å². The van der Waals surface area contributed by atoms with Crippen LogP contribution in [-0.4, -0.2) is 28.6 Å². The fourth-order valence-corrected chi connectivity index (χ4v) is 3.20. The first-order chi connectivity index (χ1) is 13.6. The molecule has 1 aliphatic heterocycles. The van der Waals surface area contributed by atoms with Crippen LogP contribution in [-0.2, 0) is 11.2 Å². The smallest absolute Gasteiger partial charge is 0.248 e. The second-order valence-electron chi connectivity index (χ2n) is 6.63. The summed E-state index contributed by atoms with van der Waals surface area (Å²) in [5.41, 5.74) is 3.90. The number of amides is 1. The van der Waals surface area contributed by atoms with Gasteiger partial charge in [0.25, 0.3) is 0 Å². The quantitative estimate of drug-likeness (QED) is 0.682. The minimum atomic E-state index is -0.276. The molecule has 1 aromatic heterocycles. The number of para-hydroxylation sites is 2. The molecule has 2 heterocycles. The van der Waals surface area contributed by atoms with E-state index in [1.165, 1.54) is 6.08 Å². The van der Waals surface area contributed by atoms with Crippen LogP contribution in [0.2, 0.25) is 0 Å². The Morgan fingerprint density at radius 3 is 2.96 bits per heavy atom. The van der Waals surface area contributed by atoms with Crippen LogP contribution < -0.4 is 14.8 Å². The number of carbonyl (C=O) groups excluding carboxylic acids is 1. The van der Waals surface area contributed by atoms with Crippen molar-refractivity contribution in [2.75, 3.05) is 11.9 Å². The molecule has 1 N–H and O–H groups in total. The monoisotopic (exact) mass is 375 g/mol. The van der Waals surface area contributed by atoms with Crippen LogP contribution in [0.3, 0.4) is 0 Å². The van der Waals surface area contributed by atoms with Crippen molar-refractivity contribution in [3.63, 3.8) is 0 Å². The number of rotatable bonds is 5. The van der Waals surface area contributed by atoms with Crippen molar-refractivity contribution < 1.29 is 14.3 Å². The molecule has 0 saturated heterocycles. The molecule has 28 heavy (non-hydrogen) atoms. The van der Waals surface area contributed by atoms with Crippen molar-refractivity contribution in [2.45, 2.75) is 26.4 Å². The molecule has 1 atom stereocenters. The van der Waals surface area contributed by atoms with Gasteiger partial charge in [-0.2, -0.15) is 0 Å². The second kappa shape index (κ2) is 7.68. The van der Waals surface area contributed by atoms with Gasteiger partial charge in [-0.05, 0) is 38.1 Å². The van der Waals surface area contributed by atoms with Crippen LogP contribution in [0.1, 0.15) is 25.1 Å². The Hall–Kier alpha value is -3.41. The van der Waals surface area contributed by atoms with Crippen LogP contribution >= 0.6 is 0 Å². The molecule has 0 bridgehead atoms. The predicted octanol–water partition coefficient (Wildman–Crippen LogP) is 4.00. The SMILES string of the molecule is CCOc1cc2c(cc1NC(=O)/C=C/c1cnc3ccccc3n1)OC(C)C2. The van der Waals surface area contributed by atoms with Crippen molar-refractivity contribution in [3.05, 3.63) is 59.9 Å². The maximum absolute atomic E-state index is 12.4. The molecule has 2 aromatic carbocycles. The summed E-state index contributed by atoms with van der Waals surface area (Å²) in [5.74, 6) is 1.16. The Bertz CT molecular complexity index is 1060. The molecule has 0 fully saturated rings. The molecule has 6 heteroatoms. The summed E-state index contributed by atoms with van der Waals surface area (Å²) in [4.78, 5) is 21.3. The van der Waals surface area contributed by atoms with E-state index in [1.54, 1.807) is 12.3 Å². The first kappa shape index (κ1) is 18.0. The van der Waals surface area contributed by atoms with Gasteiger partial charge in [0.05, 0.1) is 35.2 Å². The van der Waals surface area contributed by atoms with E-state index in [1.807, 2.05) is 50.2 Å². The molecule has 0 aliphatic carbocycles. The summed E-state index contributed by atoms with van der Waals surface area (Å²) < 4.78 is 11.5. The average Bonchev–Trinajstić information content (AvgIpc) is 3.05. The fraction of sp³-hybridized carbons (Fsp3) is 0.227. The highest BCUT2D eigenvalue weighted by atomic mass is 16.5. The number of nitrogens with one attached hydrogen (secondary N) is 1. The van der Waals surface area contributed by atoms with Gasteiger partial charge in [0.1, 0.15) is 17.6 Å². The molecule has 0 spiro atoms. The number of fused-ring (bicyclic) bond motifs is 2. The van der Waals surface area contributed by atoms with Gasteiger partial charge in [0, 0.05) is 24.1 Å². The van der Waals surface area contributed by atoms with E-state index < -0.39 is 0 Å². The zero-order valence-electron chi connectivity index (χ0n) is 15.8. The van der Waals surface area contributed by atoms with E-state index >= 15 is 0 Å². The standard InChI is InChI=1S/C22H21N3O3/c1-3-27-21-11-15-10-14(2)28-20(15)12-19(21)25-22(26)9-8-16-13-23-17-6-4-5-7-18(17)24-16/h4-9,11-14H,3,10H2,1-2H3,(H,25,26)/b9-8+. The highest BCUT2D eigenvalue weighted by molar-refractivity contribution is 6.03. The number of benzene rings is 2. The summed E-state index contributed by atoms with van der Waals surface area (Å²) in [5, 5.41) is 2.87. The lowest BCUT2D eigenvalue weighted by Gasteiger charge is -2.12. The van der Waals surface area contributed by atoms with Gasteiger partial charge in [-0.1, -0.05) is 12.1 Å². The number of ether oxygens (including phenoxy) is 2. The largest absolute Gasteiger partial charge is 0.492 e. The van der Waals surface area contributed by atoms with Gasteiger partial charge < -0.3 is 14.8 Å². The lowest BCUT2D eigenvalue weighted by atomic mass is 10.1. The highest BCUT2D eigenvalue weighted by Gasteiger charge is 2.22. The summed E-state index contributed by atoms with van der Waals surface area (Å²) in [7, 11) is 0. The third-order valence-corrected chi connectivity index (χ3v) is 4.43. The maximum atomic E-state index is 12.4. The maximum Gasteiger partial charge on any atom is 0.248 e. The summed E-state index contributed by atoms with van der Waals surface area (Å²) in [6, 6.07) is 11.4. The van der Waals surface area contributed by atoms with E-state index in [0.717, 1.165) is 28.8 Å². The van der Waals surface area contributed by atoms with Gasteiger partial charge in [-0.25, -0.2) is 4.98 Å². The van der Waals surface area contributed by atoms with Crippen LogP contribution in [0, 0.1) is 0 Å². The molecule has 0 radical (unpaired) electrons. The lowest BCUT2D eigenvalue weighted by molar-refractivity contribution is -0.111. The van der Waals surface area contributed by atoms with Gasteiger partial charge in [0.15, 0.2) is 0 Å². The molecule has 1 unspecified atom stereocenters. The molecule has 6 nitrogen and oxygen atoms in total. The Morgan fingerprint density at radius 1 is 1.32 bits per heavy atom. The third kappa shape index (κ3) is 3.81. The molecule has 142 valence electrons. The Morgan fingerprint density at radius 2 is 2.14 bits per heavy atom. The van der Waals surface area contributed by atoms with Crippen molar-refractivity contribution in [1.82, 2.24) is 9.97 Å². The number of nitrogens with zero attached hydrogens (tertiary/aromatic N) is 2. The van der Waals surface area contributed by atoms with E-state index in [-0.39, 0.29) is 12.0 Å². The Labute approximate surface area is 163 Å². The molecule has 0 saturated carbocycles. The van der Waals surface area contributed by atoms with Crippen LogP contribution in [0.15, 0.2) is 48.7 Å². The van der Waals surface area contributed by atoms with Crippen LogP contribution in [0.4, 0.5) is 5.69 Å². The van der Waals surface area contributed by atoms with Gasteiger partial charge >= 0.3 is 0 Å². The van der Waals surface area contributed by atoms with Gasteiger partial charge in [-0.15, -0.1) is 0 Å². The normalized spacial score (nSPS) is 15.4. The van der Waals surface area contributed by atoms with Gasteiger partial charge in [-0.3, -0.25) is 9.78 Å². The number of hydrogen-bond acceptors (Lipinski definition) is 5. The average molecular weight is 375 g/mol. The van der Waals surface area contributed by atoms with E-state index in [9.17, 15) is 4.79 Å². The zero-order valence-corrected chi connectivity index (χ0v) is 15.8. The van der Waals surface area contributed by atoms with Crippen LogP contribution in [0.5, 0.6) is 11.5 Å². The first-order valence-corrected chi connectivity index (χ1v) is 9.29. The second-order valence-corrected chi connectivity index (χ2v) is 6.63. The molecule has 1 amide bonds. The fourth-order valence-electron chi connectivity index (χ4n) is 3.20. The molecular formula is C22H21N3O3. The summed E-state index contributed by atoms with van der Waals surface area (Å²) in [6.45, 7) is 4.45. The minimum Gasteiger partial charge on any atom is -0.492 e. The van der Waals surface area contributed by atoms with Crippen molar-refractivity contribution in [1.29, 1.82) is 0 Å². The molecule has 3 aromatic rings. The first-order valence-electron chi connectivity index (χ1n) is 9.29. The number of carbonyl (C=O) groups is 1. The van der Waals surface area contributed by atoms with E-state index in [4.69, 9.17) is 9.47 Å². The number of anilines is 1. The zero-order chi connectivity index (χ0) is 19.5. The number of hydrogen-bond donors (Lipinski definition) is 1. The lowest BCUT2D eigenvalue weighted by Crippen LogP contribution is -2.10. The topological polar surface area (TPSA) is 73.3 Å². The minimum absolute atomic E-state index is 0.127. The Kier molecular flexibility index (Phi) is 4.93. The van der Waals surface area contributed by atoms with Gasteiger partial charge in [0.2, 0.25) is 5.91 Å². The number of aromatic nitrogens is 2. The third-order valence-electron chi connectivity index (χ3n) is 4.43. The highest BCUT2D eigenvalue weighted by Crippen LogP contribution is 2.38. The molecule has 1 aliphatic rings. The van der Waals surface area contributed by atoms with Crippen LogP contribution in [0.25, 0.3) is 17.1 Å². The predicted molar refractivity (Wildman–Crippen MR) is 109 cm³/mol. The molecular weight excluding hydrogens is 354 g/mol. The summed E-state index contributed by atoms with van der Waals surface area (Å²) in [6.07, 6.45) is 5.68.